The molecule has 0 radical (unpaired) electrons. The van der Waals surface area contributed by atoms with Gasteiger partial charge in [-0.05, 0) is 37.8 Å². The van der Waals surface area contributed by atoms with Crippen molar-refractivity contribution in [2.45, 2.75) is 32.4 Å². The van der Waals surface area contributed by atoms with Crippen molar-refractivity contribution in [1.29, 1.82) is 0 Å². The number of rotatable bonds is 6. The first-order valence-electron chi connectivity index (χ1n) is 7.31. The molecular weight excluding hydrogens is 300 g/mol. The molecule has 1 atom stereocenters. The molecule has 3 aromatic rings. The Morgan fingerprint density at radius 2 is 2.32 bits per heavy atom. The van der Waals surface area contributed by atoms with E-state index in [1.165, 1.54) is 17.7 Å². The molecule has 114 valence electrons. The topological polar surface area (TPSA) is 77.0 Å². The Hall–Kier alpha value is -1.99. The lowest BCUT2D eigenvalue weighted by molar-refractivity contribution is 0.414. The molecule has 0 saturated heterocycles. The summed E-state index contributed by atoms with van der Waals surface area (Å²) < 4.78 is 10.9. The van der Waals surface area contributed by atoms with Gasteiger partial charge in [0, 0.05) is 11.1 Å². The molecular formula is C15H16N4O2S. The number of hydrogen-bond acceptors (Lipinski definition) is 7. The Labute approximate surface area is 131 Å². The molecule has 7 heteroatoms. The second kappa shape index (κ2) is 5.66. The molecule has 0 aromatic carbocycles. The van der Waals surface area contributed by atoms with Crippen LogP contribution in [0.15, 0.2) is 33.4 Å². The van der Waals surface area contributed by atoms with E-state index >= 15 is 0 Å². The third-order valence-corrected chi connectivity index (χ3v) is 4.67. The molecule has 4 rings (SSSR count). The smallest absolute Gasteiger partial charge is 0.283 e. The third kappa shape index (κ3) is 2.82. The van der Waals surface area contributed by atoms with E-state index in [9.17, 15) is 0 Å². The zero-order valence-electron chi connectivity index (χ0n) is 12.2. The SMILES string of the molecule is Cc1cnc(C(NCc2nnc(-c3ccco3)o2)C2CC2)s1. The van der Waals surface area contributed by atoms with Gasteiger partial charge in [-0.3, -0.25) is 5.32 Å². The maximum atomic E-state index is 5.62. The van der Waals surface area contributed by atoms with Crippen LogP contribution in [0.5, 0.6) is 0 Å². The molecule has 1 N–H and O–H groups in total. The molecule has 1 unspecified atom stereocenters. The Balaban J connectivity index is 1.44. The van der Waals surface area contributed by atoms with Crippen LogP contribution in [-0.4, -0.2) is 15.2 Å². The van der Waals surface area contributed by atoms with E-state index in [-0.39, 0.29) is 6.04 Å². The van der Waals surface area contributed by atoms with Gasteiger partial charge < -0.3 is 8.83 Å². The van der Waals surface area contributed by atoms with Crippen LogP contribution in [0.2, 0.25) is 0 Å². The summed E-state index contributed by atoms with van der Waals surface area (Å²) in [7, 11) is 0. The van der Waals surface area contributed by atoms with E-state index in [0.29, 0.717) is 30.0 Å². The maximum absolute atomic E-state index is 5.62. The summed E-state index contributed by atoms with van der Waals surface area (Å²) in [5.74, 6) is 2.23. The lowest BCUT2D eigenvalue weighted by atomic mass is 10.2. The van der Waals surface area contributed by atoms with E-state index in [2.05, 4.69) is 27.4 Å². The van der Waals surface area contributed by atoms with Crippen LogP contribution >= 0.6 is 11.3 Å². The molecule has 1 aliphatic rings. The van der Waals surface area contributed by atoms with Gasteiger partial charge in [0.2, 0.25) is 5.89 Å². The molecule has 0 amide bonds. The summed E-state index contributed by atoms with van der Waals surface area (Å²) in [5.41, 5.74) is 0. The fourth-order valence-electron chi connectivity index (χ4n) is 2.42. The predicted molar refractivity (Wildman–Crippen MR) is 81.2 cm³/mol. The van der Waals surface area contributed by atoms with Gasteiger partial charge in [-0.25, -0.2) is 4.98 Å². The first kappa shape index (κ1) is 13.7. The standard InChI is InChI=1S/C15H16N4O2S/c1-9-7-17-15(22-9)13(10-4-5-10)16-8-12-18-19-14(21-12)11-3-2-6-20-11/h2-3,6-7,10,13,16H,4-5,8H2,1H3. The Kier molecular flexibility index (Phi) is 3.51. The minimum Gasteiger partial charge on any atom is -0.459 e. The van der Waals surface area contributed by atoms with Gasteiger partial charge in [-0.15, -0.1) is 21.5 Å². The first-order chi connectivity index (χ1) is 10.8. The average Bonchev–Trinajstić information content (AvgIpc) is 2.96. The molecule has 1 saturated carbocycles. The van der Waals surface area contributed by atoms with Crippen LogP contribution in [0.1, 0.15) is 34.7 Å². The summed E-state index contributed by atoms with van der Waals surface area (Å²) in [6, 6.07) is 3.87. The summed E-state index contributed by atoms with van der Waals surface area (Å²) >= 11 is 1.75. The number of aryl methyl sites for hydroxylation is 1. The van der Waals surface area contributed by atoms with Gasteiger partial charge in [0.05, 0.1) is 18.8 Å². The molecule has 0 bridgehead atoms. The van der Waals surface area contributed by atoms with Crippen molar-refractivity contribution in [3.63, 3.8) is 0 Å². The van der Waals surface area contributed by atoms with Crippen molar-refractivity contribution >= 4 is 11.3 Å². The van der Waals surface area contributed by atoms with Crippen molar-refractivity contribution < 1.29 is 8.83 Å². The Bertz CT molecular complexity index is 745. The summed E-state index contributed by atoms with van der Waals surface area (Å²) in [6.45, 7) is 2.62. The average molecular weight is 316 g/mol. The quantitative estimate of drug-likeness (QED) is 0.751. The highest BCUT2D eigenvalue weighted by Crippen LogP contribution is 2.42. The number of furan rings is 1. The van der Waals surface area contributed by atoms with E-state index < -0.39 is 0 Å². The summed E-state index contributed by atoms with van der Waals surface area (Å²) in [5, 5.41) is 12.7. The van der Waals surface area contributed by atoms with Gasteiger partial charge in [0.1, 0.15) is 5.01 Å². The highest BCUT2D eigenvalue weighted by molar-refractivity contribution is 7.11. The number of thiazole rings is 1. The zero-order chi connectivity index (χ0) is 14.9. The van der Waals surface area contributed by atoms with Crippen LogP contribution in [-0.2, 0) is 6.54 Å². The largest absolute Gasteiger partial charge is 0.459 e. The second-order valence-corrected chi connectivity index (χ2v) is 6.75. The number of hydrogen-bond donors (Lipinski definition) is 1. The van der Waals surface area contributed by atoms with Crippen LogP contribution in [0, 0.1) is 12.8 Å². The van der Waals surface area contributed by atoms with Crippen molar-refractivity contribution in [3.05, 3.63) is 40.4 Å². The monoisotopic (exact) mass is 316 g/mol. The minimum absolute atomic E-state index is 0.276. The van der Waals surface area contributed by atoms with E-state index in [1.54, 1.807) is 29.7 Å². The molecule has 0 aliphatic heterocycles. The fraction of sp³-hybridized carbons (Fsp3) is 0.400. The molecule has 0 spiro atoms. The van der Waals surface area contributed by atoms with Crippen LogP contribution in [0.25, 0.3) is 11.7 Å². The van der Waals surface area contributed by atoms with Crippen LogP contribution in [0.4, 0.5) is 0 Å². The van der Waals surface area contributed by atoms with Gasteiger partial charge in [0.25, 0.3) is 5.89 Å². The van der Waals surface area contributed by atoms with E-state index in [4.69, 9.17) is 8.83 Å². The van der Waals surface area contributed by atoms with E-state index in [1.807, 2.05) is 6.20 Å². The van der Waals surface area contributed by atoms with Crippen molar-refractivity contribution in [3.8, 4) is 11.7 Å². The van der Waals surface area contributed by atoms with Gasteiger partial charge >= 0.3 is 0 Å². The maximum Gasteiger partial charge on any atom is 0.283 e. The number of nitrogens with zero attached hydrogens (tertiary/aromatic N) is 3. The number of aromatic nitrogens is 3. The van der Waals surface area contributed by atoms with Gasteiger partial charge in [-0.2, -0.15) is 0 Å². The van der Waals surface area contributed by atoms with Crippen LogP contribution < -0.4 is 5.32 Å². The predicted octanol–water partition coefficient (Wildman–Crippen LogP) is 3.34. The normalized spacial score (nSPS) is 16.0. The van der Waals surface area contributed by atoms with E-state index in [0.717, 1.165) is 5.01 Å². The zero-order valence-corrected chi connectivity index (χ0v) is 13.0. The highest BCUT2D eigenvalue weighted by Gasteiger charge is 2.34. The molecule has 3 aromatic heterocycles. The summed E-state index contributed by atoms with van der Waals surface area (Å²) in [6.07, 6.45) is 6.01. The molecule has 1 aliphatic carbocycles. The first-order valence-corrected chi connectivity index (χ1v) is 8.13. The minimum atomic E-state index is 0.276. The Morgan fingerprint density at radius 3 is 3.00 bits per heavy atom. The van der Waals surface area contributed by atoms with Crippen LogP contribution in [0.3, 0.4) is 0 Å². The van der Waals surface area contributed by atoms with Gasteiger partial charge in [-0.1, -0.05) is 0 Å². The van der Waals surface area contributed by atoms with Crippen molar-refractivity contribution in [2.24, 2.45) is 5.92 Å². The molecule has 22 heavy (non-hydrogen) atoms. The molecule has 3 heterocycles. The van der Waals surface area contributed by atoms with Crippen molar-refractivity contribution in [2.75, 3.05) is 0 Å². The third-order valence-electron chi connectivity index (χ3n) is 3.67. The Morgan fingerprint density at radius 1 is 1.41 bits per heavy atom. The molecule has 6 nitrogen and oxygen atoms in total. The molecule has 1 fully saturated rings. The highest BCUT2D eigenvalue weighted by atomic mass is 32.1. The number of nitrogens with one attached hydrogen (secondary N) is 1. The fourth-order valence-corrected chi connectivity index (χ4v) is 3.37. The lowest BCUT2D eigenvalue weighted by Crippen LogP contribution is -2.22. The summed E-state index contributed by atoms with van der Waals surface area (Å²) in [4.78, 5) is 5.75. The van der Waals surface area contributed by atoms with Crippen molar-refractivity contribution in [1.82, 2.24) is 20.5 Å². The van der Waals surface area contributed by atoms with Gasteiger partial charge in [0.15, 0.2) is 5.76 Å². The second-order valence-electron chi connectivity index (χ2n) is 5.48. The lowest BCUT2D eigenvalue weighted by Gasteiger charge is -2.14.